The van der Waals surface area contributed by atoms with Crippen molar-refractivity contribution < 1.29 is 23.1 Å². The Hall–Kier alpha value is -3.15. The molecule has 0 aliphatic carbocycles. The van der Waals surface area contributed by atoms with Gasteiger partial charge in [0.25, 0.3) is 10.0 Å². The van der Waals surface area contributed by atoms with Gasteiger partial charge in [-0.3, -0.25) is 10.0 Å². The minimum atomic E-state index is -3.86. The van der Waals surface area contributed by atoms with Gasteiger partial charge >= 0.3 is 6.03 Å². The molecule has 1 fully saturated rings. The number of amides is 2. The summed E-state index contributed by atoms with van der Waals surface area (Å²) in [7, 11) is -3.86. The van der Waals surface area contributed by atoms with Gasteiger partial charge in [0.05, 0.1) is 28.7 Å². The van der Waals surface area contributed by atoms with Gasteiger partial charge in [-0.05, 0) is 55.3 Å². The molecule has 0 saturated carbocycles. The van der Waals surface area contributed by atoms with Crippen LogP contribution in [-0.2, 0) is 14.8 Å². The van der Waals surface area contributed by atoms with Crippen LogP contribution < -0.4 is 10.0 Å². The highest BCUT2D eigenvalue weighted by atomic mass is 32.2. The van der Waals surface area contributed by atoms with Crippen LogP contribution in [0.25, 0.3) is 10.4 Å². The van der Waals surface area contributed by atoms with Gasteiger partial charge in [0.15, 0.2) is 5.13 Å². The van der Waals surface area contributed by atoms with E-state index in [1.807, 2.05) is 13.0 Å². The van der Waals surface area contributed by atoms with Crippen LogP contribution in [0.1, 0.15) is 11.3 Å². The zero-order valence-electron chi connectivity index (χ0n) is 18.2. The summed E-state index contributed by atoms with van der Waals surface area (Å²) in [6, 6.07) is 10.7. The first kappa shape index (κ1) is 23.0. The normalized spacial score (nSPS) is 14.2. The van der Waals surface area contributed by atoms with Crippen molar-refractivity contribution in [2.24, 2.45) is 0 Å². The number of carbonyl (C=O) groups excluding carboxylic acids is 1. The van der Waals surface area contributed by atoms with E-state index in [0.29, 0.717) is 53.9 Å². The number of benzene rings is 2. The van der Waals surface area contributed by atoms with E-state index in [0.717, 1.165) is 4.88 Å². The maximum atomic E-state index is 13.0. The Morgan fingerprint density at radius 3 is 2.52 bits per heavy atom. The molecule has 9 nitrogen and oxygen atoms in total. The number of anilines is 2. The Kier molecular flexibility index (Phi) is 6.54. The van der Waals surface area contributed by atoms with Crippen LogP contribution in [0.4, 0.5) is 15.6 Å². The second kappa shape index (κ2) is 9.38. The zero-order valence-corrected chi connectivity index (χ0v) is 19.8. The third-order valence-electron chi connectivity index (χ3n) is 5.17. The van der Waals surface area contributed by atoms with Crippen LogP contribution in [0.3, 0.4) is 0 Å². The summed E-state index contributed by atoms with van der Waals surface area (Å²) in [5, 5.41) is 12.7. The van der Waals surface area contributed by atoms with E-state index >= 15 is 0 Å². The number of urea groups is 1. The SMILES string of the molecule is Cc1ccc(-c2sc(NC(=O)N3CCOCC3)nc2C)cc1S(=O)(=O)Nc1ccc(O)cc1. The molecule has 2 amide bonds. The molecule has 2 aromatic carbocycles. The molecule has 0 bridgehead atoms. The summed E-state index contributed by atoms with van der Waals surface area (Å²) in [5.74, 6) is 0.0494. The van der Waals surface area contributed by atoms with Crippen LogP contribution in [-0.4, -0.2) is 55.7 Å². The smallest absolute Gasteiger partial charge is 0.323 e. The van der Waals surface area contributed by atoms with Crippen LogP contribution in [0, 0.1) is 13.8 Å². The zero-order chi connectivity index (χ0) is 23.6. The number of phenols is 1. The van der Waals surface area contributed by atoms with Gasteiger partial charge in [-0.15, -0.1) is 0 Å². The van der Waals surface area contributed by atoms with Crippen molar-refractivity contribution in [1.29, 1.82) is 0 Å². The van der Waals surface area contributed by atoms with E-state index in [9.17, 15) is 18.3 Å². The number of aryl methyl sites for hydroxylation is 2. The van der Waals surface area contributed by atoms with E-state index in [-0.39, 0.29) is 16.7 Å². The van der Waals surface area contributed by atoms with Crippen LogP contribution in [0.15, 0.2) is 47.4 Å². The summed E-state index contributed by atoms with van der Waals surface area (Å²) in [4.78, 5) is 19.5. The van der Waals surface area contributed by atoms with E-state index in [1.165, 1.54) is 35.6 Å². The number of nitrogens with zero attached hydrogens (tertiary/aromatic N) is 2. The molecule has 0 radical (unpaired) electrons. The fourth-order valence-corrected chi connectivity index (χ4v) is 5.71. The lowest BCUT2D eigenvalue weighted by Crippen LogP contribution is -2.43. The predicted molar refractivity (Wildman–Crippen MR) is 127 cm³/mol. The van der Waals surface area contributed by atoms with Gasteiger partial charge in [-0.2, -0.15) is 0 Å². The number of nitrogens with one attached hydrogen (secondary N) is 2. The van der Waals surface area contributed by atoms with Gasteiger partial charge in [0.1, 0.15) is 5.75 Å². The highest BCUT2D eigenvalue weighted by molar-refractivity contribution is 7.92. The molecule has 0 spiro atoms. The Morgan fingerprint density at radius 1 is 1.12 bits per heavy atom. The van der Waals surface area contributed by atoms with Crippen LogP contribution >= 0.6 is 11.3 Å². The molecule has 3 aromatic rings. The van der Waals surface area contributed by atoms with E-state index in [4.69, 9.17) is 4.74 Å². The molecule has 11 heteroatoms. The number of aromatic hydroxyl groups is 1. The molecule has 1 saturated heterocycles. The van der Waals surface area contributed by atoms with Gasteiger partial charge in [-0.25, -0.2) is 18.2 Å². The summed E-state index contributed by atoms with van der Waals surface area (Å²) in [6.07, 6.45) is 0. The second-order valence-corrected chi connectivity index (χ2v) is 10.2. The molecular formula is C22H24N4O5S2. The van der Waals surface area contributed by atoms with Crippen molar-refractivity contribution in [2.75, 3.05) is 36.3 Å². The lowest BCUT2D eigenvalue weighted by atomic mass is 10.1. The van der Waals surface area contributed by atoms with Gasteiger partial charge in [-0.1, -0.05) is 23.5 Å². The lowest BCUT2D eigenvalue weighted by Gasteiger charge is -2.26. The topological polar surface area (TPSA) is 121 Å². The predicted octanol–water partition coefficient (Wildman–Crippen LogP) is 3.80. The first-order valence-electron chi connectivity index (χ1n) is 10.3. The molecule has 174 valence electrons. The van der Waals surface area contributed by atoms with Crippen molar-refractivity contribution >= 4 is 38.2 Å². The standard InChI is InChI=1S/C22H24N4O5S2/c1-14-3-4-16(13-19(14)33(29,30)25-17-5-7-18(27)8-6-17)20-15(2)23-21(32-20)24-22(28)26-9-11-31-12-10-26/h3-8,13,25,27H,9-12H2,1-2H3,(H,23,24,28). The first-order chi connectivity index (χ1) is 15.7. The minimum Gasteiger partial charge on any atom is -0.508 e. The Labute approximate surface area is 196 Å². The van der Waals surface area contributed by atoms with Crippen molar-refractivity contribution in [1.82, 2.24) is 9.88 Å². The number of morpholine rings is 1. The Bertz CT molecular complexity index is 1270. The number of hydrogen-bond donors (Lipinski definition) is 3. The maximum Gasteiger partial charge on any atom is 0.323 e. The molecule has 0 unspecified atom stereocenters. The molecule has 4 rings (SSSR count). The number of aromatic nitrogens is 1. The van der Waals surface area contributed by atoms with E-state index in [1.54, 1.807) is 24.0 Å². The second-order valence-electron chi connectivity index (χ2n) is 7.60. The Balaban J connectivity index is 1.58. The van der Waals surface area contributed by atoms with Crippen LogP contribution in [0.5, 0.6) is 5.75 Å². The molecule has 3 N–H and O–H groups in total. The van der Waals surface area contributed by atoms with Crippen molar-refractivity contribution in [3.63, 3.8) is 0 Å². The van der Waals surface area contributed by atoms with Crippen molar-refractivity contribution in [3.8, 4) is 16.2 Å². The fourth-order valence-electron chi connectivity index (χ4n) is 3.43. The highest BCUT2D eigenvalue weighted by Crippen LogP contribution is 2.35. The monoisotopic (exact) mass is 488 g/mol. The molecule has 0 atom stereocenters. The molecular weight excluding hydrogens is 464 g/mol. The number of phenolic OH excluding ortho intramolecular Hbond substituents is 1. The number of thiazole rings is 1. The fraction of sp³-hybridized carbons (Fsp3) is 0.273. The molecule has 1 aliphatic rings. The quantitative estimate of drug-likeness (QED) is 0.470. The molecule has 2 heterocycles. The van der Waals surface area contributed by atoms with Gasteiger partial charge in [0.2, 0.25) is 0 Å². The number of ether oxygens (including phenoxy) is 1. The summed E-state index contributed by atoms with van der Waals surface area (Å²) in [5.41, 5.74) is 2.32. The Morgan fingerprint density at radius 2 is 1.82 bits per heavy atom. The third-order valence-corrected chi connectivity index (χ3v) is 7.81. The van der Waals surface area contributed by atoms with Crippen molar-refractivity contribution in [3.05, 3.63) is 53.7 Å². The third kappa shape index (κ3) is 5.27. The van der Waals surface area contributed by atoms with Crippen LogP contribution in [0.2, 0.25) is 0 Å². The lowest BCUT2D eigenvalue weighted by molar-refractivity contribution is 0.0564. The number of hydrogen-bond acceptors (Lipinski definition) is 7. The number of rotatable bonds is 5. The van der Waals surface area contributed by atoms with E-state index < -0.39 is 10.0 Å². The molecule has 1 aromatic heterocycles. The van der Waals surface area contributed by atoms with E-state index in [2.05, 4.69) is 15.0 Å². The average Bonchev–Trinajstić information content (AvgIpc) is 3.16. The van der Waals surface area contributed by atoms with Crippen molar-refractivity contribution in [2.45, 2.75) is 18.7 Å². The number of sulfonamides is 1. The largest absolute Gasteiger partial charge is 0.508 e. The average molecular weight is 489 g/mol. The van der Waals surface area contributed by atoms with Gasteiger partial charge in [0, 0.05) is 18.8 Å². The summed E-state index contributed by atoms with van der Waals surface area (Å²) >= 11 is 1.29. The first-order valence-corrected chi connectivity index (χ1v) is 12.6. The van der Waals surface area contributed by atoms with Gasteiger partial charge < -0.3 is 14.7 Å². The molecule has 1 aliphatic heterocycles. The number of carbonyl (C=O) groups is 1. The minimum absolute atomic E-state index is 0.0494. The highest BCUT2D eigenvalue weighted by Gasteiger charge is 2.21. The summed E-state index contributed by atoms with van der Waals surface area (Å²) < 4.78 is 33.9. The summed E-state index contributed by atoms with van der Waals surface area (Å²) in [6.45, 7) is 5.61. The maximum absolute atomic E-state index is 13.0. The molecule has 33 heavy (non-hydrogen) atoms.